The van der Waals surface area contributed by atoms with E-state index >= 15 is 0 Å². The summed E-state index contributed by atoms with van der Waals surface area (Å²) >= 11 is 0. The Bertz CT molecular complexity index is 710. The van der Waals surface area contributed by atoms with Crippen LogP contribution in [-0.2, 0) is 14.8 Å². The van der Waals surface area contributed by atoms with Gasteiger partial charge in [0, 0.05) is 13.3 Å². The molecule has 120 valence electrons. The molecular weight excluding hydrogens is 306 g/mol. The van der Waals surface area contributed by atoms with Crippen molar-refractivity contribution in [3.05, 3.63) is 42.0 Å². The van der Waals surface area contributed by atoms with Gasteiger partial charge in [0.25, 0.3) is 0 Å². The third kappa shape index (κ3) is 3.85. The maximum Gasteiger partial charge on any atom is 0.241 e. The molecule has 1 atom stereocenters. The lowest BCUT2D eigenvalue weighted by Gasteiger charge is -2.16. The Hall–Kier alpha value is -1.90. The van der Waals surface area contributed by atoms with Gasteiger partial charge in [-0.05, 0) is 38.2 Å². The Morgan fingerprint density at radius 1 is 1.32 bits per heavy atom. The van der Waals surface area contributed by atoms with Crippen LogP contribution >= 0.6 is 0 Å². The molecule has 0 saturated carbocycles. The molecule has 7 nitrogen and oxygen atoms in total. The average Bonchev–Trinajstić information content (AvgIpc) is 2.94. The summed E-state index contributed by atoms with van der Waals surface area (Å²) in [6.45, 7) is 2.26. The Balaban J connectivity index is 2.17. The lowest BCUT2D eigenvalue weighted by Crippen LogP contribution is -2.19. The minimum Gasteiger partial charge on any atom is -0.464 e. The summed E-state index contributed by atoms with van der Waals surface area (Å²) in [6.07, 6.45) is 1.30. The van der Waals surface area contributed by atoms with Gasteiger partial charge in [-0.1, -0.05) is 0 Å². The second kappa shape index (κ2) is 6.91. The molecule has 0 bridgehead atoms. The number of nitrogens with zero attached hydrogens (tertiary/aromatic N) is 1. The van der Waals surface area contributed by atoms with Crippen LogP contribution < -0.4 is 10.0 Å². The summed E-state index contributed by atoms with van der Waals surface area (Å²) in [7, 11) is -0.532. The quantitative estimate of drug-likeness (QED) is 0.804. The first-order chi connectivity index (χ1) is 10.5. The zero-order valence-corrected chi connectivity index (χ0v) is 13.5. The monoisotopic (exact) mass is 325 g/mol. The highest BCUT2D eigenvalue weighted by Crippen LogP contribution is 2.21. The van der Waals surface area contributed by atoms with E-state index in [9.17, 15) is 8.42 Å². The van der Waals surface area contributed by atoms with Crippen molar-refractivity contribution in [3.8, 4) is 0 Å². The summed E-state index contributed by atoms with van der Waals surface area (Å²) < 4.78 is 36.3. The number of ether oxygens (including phenoxy) is 1. The van der Waals surface area contributed by atoms with Crippen molar-refractivity contribution in [2.75, 3.05) is 26.1 Å². The third-order valence-corrected chi connectivity index (χ3v) is 4.47. The highest BCUT2D eigenvalue weighted by atomic mass is 32.2. The van der Waals surface area contributed by atoms with Gasteiger partial charge in [0.2, 0.25) is 10.0 Å². The summed E-state index contributed by atoms with van der Waals surface area (Å²) in [5.41, 5.74) is 0. The predicted octanol–water partition coefficient (Wildman–Crippen LogP) is 1.69. The van der Waals surface area contributed by atoms with Crippen molar-refractivity contribution in [1.82, 2.24) is 9.71 Å². The molecule has 2 N–H and O–H groups in total. The number of furan rings is 1. The number of rotatable bonds is 7. The van der Waals surface area contributed by atoms with E-state index in [1.54, 1.807) is 13.2 Å². The van der Waals surface area contributed by atoms with Crippen molar-refractivity contribution in [1.29, 1.82) is 0 Å². The van der Waals surface area contributed by atoms with E-state index in [-0.39, 0.29) is 10.9 Å². The Labute approximate surface area is 129 Å². The molecule has 0 aliphatic rings. The number of sulfonamides is 1. The number of nitrogens with one attached hydrogen (secondary N) is 2. The second-order valence-electron chi connectivity index (χ2n) is 4.69. The molecule has 22 heavy (non-hydrogen) atoms. The molecule has 2 rings (SSSR count). The molecule has 1 unspecified atom stereocenters. The number of aryl methyl sites for hydroxylation is 1. The van der Waals surface area contributed by atoms with E-state index in [1.165, 1.54) is 19.3 Å². The van der Waals surface area contributed by atoms with Crippen LogP contribution in [0.1, 0.15) is 17.6 Å². The molecule has 0 aliphatic carbocycles. The van der Waals surface area contributed by atoms with Crippen molar-refractivity contribution in [2.24, 2.45) is 0 Å². The second-order valence-corrected chi connectivity index (χ2v) is 6.57. The third-order valence-electron chi connectivity index (χ3n) is 3.08. The molecule has 2 aromatic rings. The van der Waals surface area contributed by atoms with E-state index in [1.807, 2.05) is 19.1 Å². The number of hydrogen-bond donors (Lipinski definition) is 2. The van der Waals surface area contributed by atoms with Gasteiger partial charge in [0.05, 0.1) is 6.61 Å². The number of methoxy groups -OCH3 is 1. The average molecular weight is 325 g/mol. The zero-order chi connectivity index (χ0) is 16.2. The fraction of sp³-hybridized carbons (Fsp3) is 0.357. The molecule has 8 heteroatoms. The fourth-order valence-corrected chi connectivity index (χ4v) is 2.60. The minimum atomic E-state index is -3.49. The molecule has 0 aliphatic heterocycles. The van der Waals surface area contributed by atoms with E-state index in [0.29, 0.717) is 12.4 Å². The Kier molecular flexibility index (Phi) is 5.17. The smallest absolute Gasteiger partial charge is 0.241 e. The number of pyridine rings is 1. The predicted molar refractivity (Wildman–Crippen MR) is 82.2 cm³/mol. The maximum atomic E-state index is 11.7. The molecule has 0 aromatic carbocycles. The van der Waals surface area contributed by atoms with Crippen LogP contribution in [0.25, 0.3) is 0 Å². The topological polar surface area (TPSA) is 93.5 Å². The molecule has 0 radical (unpaired) electrons. The van der Waals surface area contributed by atoms with Crippen LogP contribution in [0.3, 0.4) is 0 Å². The summed E-state index contributed by atoms with van der Waals surface area (Å²) in [4.78, 5) is 4.23. The Morgan fingerprint density at radius 2 is 2.09 bits per heavy atom. The zero-order valence-electron chi connectivity index (χ0n) is 12.7. The Morgan fingerprint density at radius 3 is 2.59 bits per heavy atom. The number of hydrogen-bond acceptors (Lipinski definition) is 6. The van der Waals surface area contributed by atoms with Crippen LogP contribution in [0.5, 0.6) is 0 Å². The van der Waals surface area contributed by atoms with E-state index < -0.39 is 10.0 Å². The van der Waals surface area contributed by atoms with E-state index in [4.69, 9.17) is 9.15 Å². The molecule has 0 saturated heterocycles. The van der Waals surface area contributed by atoms with Crippen LogP contribution in [0.15, 0.2) is 39.8 Å². The molecule has 2 heterocycles. The highest BCUT2D eigenvalue weighted by molar-refractivity contribution is 7.89. The first-order valence-corrected chi connectivity index (χ1v) is 8.16. The largest absolute Gasteiger partial charge is 0.464 e. The van der Waals surface area contributed by atoms with Gasteiger partial charge in [0.15, 0.2) is 0 Å². The van der Waals surface area contributed by atoms with Crippen LogP contribution in [0.4, 0.5) is 5.82 Å². The first kappa shape index (κ1) is 16.5. The molecule has 0 fully saturated rings. The van der Waals surface area contributed by atoms with Gasteiger partial charge in [0.1, 0.15) is 28.3 Å². The van der Waals surface area contributed by atoms with Gasteiger partial charge >= 0.3 is 0 Å². The molecule has 0 spiro atoms. The molecule has 0 amide bonds. The van der Waals surface area contributed by atoms with E-state index in [0.717, 1.165) is 11.5 Å². The van der Waals surface area contributed by atoms with Gasteiger partial charge in [-0.3, -0.25) is 0 Å². The van der Waals surface area contributed by atoms with Crippen molar-refractivity contribution >= 4 is 15.8 Å². The minimum absolute atomic E-state index is 0.109. The van der Waals surface area contributed by atoms with Crippen molar-refractivity contribution in [2.45, 2.75) is 17.9 Å². The normalized spacial score (nSPS) is 13.0. The number of aromatic nitrogens is 1. The standard InChI is InChI=1S/C14H19N3O4S/c1-10-4-6-13(21-10)12(9-20-3)17-14-7-5-11(8-16-14)22(18,19)15-2/h4-8,12,15H,9H2,1-3H3,(H,16,17). The summed E-state index contributed by atoms with van der Waals surface area (Å²) in [5.74, 6) is 2.07. The summed E-state index contributed by atoms with van der Waals surface area (Å²) in [6, 6.07) is 6.61. The highest BCUT2D eigenvalue weighted by Gasteiger charge is 2.17. The van der Waals surface area contributed by atoms with Crippen LogP contribution in [0.2, 0.25) is 0 Å². The van der Waals surface area contributed by atoms with Crippen molar-refractivity contribution < 1.29 is 17.6 Å². The fourth-order valence-electron chi connectivity index (χ4n) is 1.92. The molecule has 2 aromatic heterocycles. The lowest BCUT2D eigenvalue weighted by molar-refractivity contribution is 0.178. The van der Waals surface area contributed by atoms with Gasteiger partial charge in [-0.2, -0.15) is 0 Å². The first-order valence-electron chi connectivity index (χ1n) is 6.67. The van der Waals surface area contributed by atoms with Gasteiger partial charge < -0.3 is 14.5 Å². The SMILES string of the molecule is CNS(=O)(=O)c1ccc(NC(COC)c2ccc(C)o2)nc1. The van der Waals surface area contributed by atoms with Crippen molar-refractivity contribution in [3.63, 3.8) is 0 Å². The van der Waals surface area contributed by atoms with E-state index in [2.05, 4.69) is 15.0 Å². The summed E-state index contributed by atoms with van der Waals surface area (Å²) in [5, 5.41) is 3.16. The molecular formula is C14H19N3O4S. The number of anilines is 1. The van der Waals surface area contributed by atoms with Crippen LogP contribution in [0, 0.1) is 6.92 Å². The van der Waals surface area contributed by atoms with Gasteiger partial charge in [-0.15, -0.1) is 0 Å². The lowest BCUT2D eigenvalue weighted by atomic mass is 10.2. The van der Waals surface area contributed by atoms with Gasteiger partial charge in [-0.25, -0.2) is 18.1 Å². The van der Waals surface area contributed by atoms with Crippen LogP contribution in [-0.4, -0.2) is 34.2 Å². The maximum absolute atomic E-state index is 11.7.